The highest BCUT2D eigenvalue weighted by molar-refractivity contribution is 6.30. The Hall–Kier alpha value is -2.72. The Balaban J connectivity index is 1.67. The number of nitrogens with zero attached hydrogens (tertiary/aromatic N) is 2. The van der Waals surface area contributed by atoms with Crippen molar-refractivity contribution in [2.75, 3.05) is 11.9 Å². The summed E-state index contributed by atoms with van der Waals surface area (Å²) in [7, 11) is 0. The number of carbonyl (C=O) groups is 1. The van der Waals surface area contributed by atoms with E-state index in [9.17, 15) is 4.79 Å². The van der Waals surface area contributed by atoms with Crippen molar-refractivity contribution in [3.8, 4) is 0 Å². The van der Waals surface area contributed by atoms with Gasteiger partial charge in [0.25, 0.3) is 0 Å². The van der Waals surface area contributed by atoms with Crippen LogP contribution in [0.5, 0.6) is 0 Å². The Morgan fingerprint density at radius 1 is 1.08 bits per heavy atom. The van der Waals surface area contributed by atoms with Crippen LogP contribution in [0.3, 0.4) is 0 Å². The molecule has 0 radical (unpaired) electrons. The van der Waals surface area contributed by atoms with E-state index in [1.165, 1.54) is 0 Å². The lowest BCUT2D eigenvalue weighted by molar-refractivity contribution is 0.182. The SMILES string of the molecule is Cc1cccc(NC(=O)N2CCn3cccc3C2c2ccc(Cl)cc2)c1. The number of nitrogens with one attached hydrogen (secondary N) is 1. The molecule has 132 valence electrons. The number of hydrogen-bond donors (Lipinski definition) is 1. The van der Waals surface area contributed by atoms with Crippen LogP contribution in [0.2, 0.25) is 5.02 Å². The van der Waals surface area contributed by atoms with Crippen molar-refractivity contribution in [3.05, 3.63) is 88.7 Å². The molecule has 0 saturated heterocycles. The lowest BCUT2D eigenvalue weighted by Crippen LogP contribution is -2.44. The van der Waals surface area contributed by atoms with Gasteiger partial charge in [-0.15, -0.1) is 0 Å². The number of benzene rings is 2. The summed E-state index contributed by atoms with van der Waals surface area (Å²) in [6, 6.07) is 19.4. The number of aromatic nitrogens is 1. The van der Waals surface area contributed by atoms with Gasteiger partial charge in [-0.05, 0) is 54.4 Å². The van der Waals surface area contributed by atoms with Gasteiger partial charge in [-0.3, -0.25) is 0 Å². The van der Waals surface area contributed by atoms with E-state index < -0.39 is 0 Å². The monoisotopic (exact) mass is 365 g/mol. The van der Waals surface area contributed by atoms with E-state index in [2.05, 4.69) is 22.1 Å². The third kappa shape index (κ3) is 3.20. The number of amides is 2. The molecule has 2 heterocycles. The van der Waals surface area contributed by atoms with Gasteiger partial charge < -0.3 is 14.8 Å². The Morgan fingerprint density at radius 3 is 2.65 bits per heavy atom. The van der Waals surface area contributed by atoms with Crippen LogP contribution in [-0.2, 0) is 6.54 Å². The van der Waals surface area contributed by atoms with Crippen molar-refractivity contribution in [2.24, 2.45) is 0 Å². The summed E-state index contributed by atoms with van der Waals surface area (Å²) < 4.78 is 2.20. The van der Waals surface area contributed by atoms with Crippen LogP contribution in [0.15, 0.2) is 66.9 Å². The fraction of sp³-hybridized carbons (Fsp3) is 0.190. The van der Waals surface area contributed by atoms with Crippen LogP contribution in [0.1, 0.15) is 22.9 Å². The largest absolute Gasteiger partial charge is 0.348 e. The molecule has 0 spiro atoms. The Kier molecular flexibility index (Phi) is 4.43. The highest BCUT2D eigenvalue weighted by atomic mass is 35.5. The number of fused-ring (bicyclic) bond motifs is 1. The summed E-state index contributed by atoms with van der Waals surface area (Å²) in [4.78, 5) is 14.9. The van der Waals surface area contributed by atoms with Gasteiger partial charge in [0.1, 0.15) is 0 Å². The predicted molar refractivity (Wildman–Crippen MR) is 105 cm³/mol. The van der Waals surface area contributed by atoms with E-state index in [4.69, 9.17) is 11.6 Å². The maximum atomic E-state index is 13.0. The molecule has 4 rings (SSSR count). The molecule has 2 amide bonds. The number of urea groups is 1. The van der Waals surface area contributed by atoms with Crippen molar-refractivity contribution in [1.29, 1.82) is 0 Å². The van der Waals surface area contributed by atoms with Crippen molar-refractivity contribution in [2.45, 2.75) is 19.5 Å². The molecule has 1 unspecified atom stereocenters. The minimum atomic E-state index is -0.138. The van der Waals surface area contributed by atoms with Crippen LogP contribution >= 0.6 is 11.6 Å². The molecule has 26 heavy (non-hydrogen) atoms. The van der Waals surface area contributed by atoms with Gasteiger partial charge in [-0.2, -0.15) is 0 Å². The van der Waals surface area contributed by atoms with Crippen molar-refractivity contribution in [1.82, 2.24) is 9.47 Å². The van der Waals surface area contributed by atoms with Crippen LogP contribution in [0.25, 0.3) is 0 Å². The molecule has 0 aliphatic carbocycles. The van der Waals surface area contributed by atoms with Crippen molar-refractivity contribution in [3.63, 3.8) is 0 Å². The molecule has 0 fully saturated rings. The smallest absolute Gasteiger partial charge is 0.322 e. The molecule has 1 aliphatic heterocycles. The van der Waals surface area contributed by atoms with E-state index in [1.54, 1.807) is 0 Å². The Bertz CT molecular complexity index is 932. The zero-order valence-corrected chi connectivity index (χ0v) is 15.3. The van der Waals surface area contributed by atoms with Crippen molar-refractivity contribution >= 4 is 23.3 Å². The summed E-state index contributed by atoms with van der Waals surface area (Å²) in [5.41, 5.74) is 4.08. The van der Waals surface area contributed by atoms with E-state index in [0.29, 0.717) is 11.6 Å². The molecule has 1 atom stereocenters. The molecule has 3 aromatic rings. The molecular weight excluding hydrogens is 346 g/mol. The molecular formula is C21H20ClN3O. The summed E-state index contributed by atoms with van der Waals surface area (Å²) >= 11 is 6.05. The van der Waals surface area contributed by atoms with Gasteiger partial charge >= 0.3 is 6.03 Å². The second-order valence-corrected chi connectivity index (χ2v) is 7.01. The maximum absolute atomic E-state index is 13.0. The van der Waals surface area contributed by atoms with Crippen LogP contribution in [-0.4, -0.2) is 22.0 Å². The number of rotatable bonds is 2. The van der Waals surface area contributed by atoms with Gasteiger partial charge in [0, 0.05) is 35.7 Å². The summed E-state index contributed by atoms with van der Waals surface area (Å²) in [5.74, 6) is 0. The molecule has 5 heteroatoms. The van der Waals surface area contributed by atoms with Gasteiger partial charge in [-0.1, -0.05) is 35.9 Å². The van der Waals surface area contributed by atoms with Gasteiger partial charge in [-0.25, -0.2) is 4.79 Å². The van der Waals surface area contributed by atoms with Crippen molar-refractivity contribution < 1.29 is 4.79 Å². The van der Waals surface area contributed by atoms with Gasteiger partial charge in [0.2, 0.25) is 0 Å². The zero-order valence-electron chi connectivity index (χ0n) is 14.5. The Morgan fingerprint density at radius 2 is 1.88 bits per heavy atom. The second-order valence-electron chi connectivity index (χ2n) is 6.57. The fourth-order valence-electron chi connectivity index (χ4n) is 3.52. The standard InChI is InChI=1S/C21H20ClN3O/c1-15-4-2-5-18(14-15)23-21(26)25-13-12-24-11-3-6-19(24)20(25)16-7-9-17(22)10-8-16/h2-11,14,20H,12-13H2,1H3,(H,23,26). The number of anilines is 1. The van der Waals surface area contributed by atoms with Gasteiger partial charge in [0.05, 0.1) is 6.04 Å². The summed E-state index contributed by atoms with van der Waals surface area (Å²) in [6.07, 6.45) is 2.06. The van der Waals surface area contributed by atoms with E-state index in [0.717, 1.165) is 29.1 Å². The maximum Gasteiger partial charge on any atom is 0.322 e. The number of carbonyl (C=O) groups excluding carboxylic acids is 1. The lowest BCUT2D eigenvalue weighted by atomic mass is 10.0. The highest BCUT2D eigenvalue weighted by Gasteiger charge is 2.32. The molecule has 2 aromatic carbocycles. The average Bonchev–Trinajstić information content (AvgIpc) is 3.10. The second kappa shape index (κ2) is 6.89. The third-order valence-electron chi connectivity index (χ3n) is 4.75. The average molecular weight is 366 g/mol. The number of halogens is 1. The molecule has 1 aliphatic rings. The van der Waals surface area contributed by atoms with Crippen LogP contribution < -0.4 is 5.32 Å². The molecule has 1 aromatic heterocycles. The zero-order chi connectivity index (χ0) is 18.1. The first-order valence-corrected chi connectivity index (χ1v) is 9.04. The lowest BCUT2D eigenvalue weighted by Gasteiger charge is -2.37. The summed E-state index contributed by atoms with van der Waals surface area (Å²) in [5, 5.41) is 3.73. The normalized spacial score (nSPS) is 16.2. The van der Waals surface area contributed by atoms with Crippen LogP contribution in [0.4, 0.5) is 10.5 Å². The number of aryl methyl sites for hydroxylation is 1. The molecule has 0 bridgehead atoms. The minimum absolute atomic E-state index is 0.0944. The van der Waals surface area contributed by atoms with E-state index in [-0.39, 0.29) is 12.1 Å². The Labute approximate surface area is 158 Å². The quantitative estimate of drug-likeness (QED) is 0.675. The topological polar surface area (TPSA) is 37.3 Å². The van der Waals surface area contributed by atoms with E-state index in [1.807, 2.05) is 66.4 Å². The fourth-order valence-corrected chi connectivity index (χ4v) is 3.64. The molecule has 1 N–H and O–H groups in total. The third-order valence-corrected chi connectivity index (χ3v) is 5.01. The highest BCUT2D eigenvalue weighted by Crippen LogP contribution is 2.33. The first-order chi connectivity index (χ1) is 12.6. The summed E-state index contributed by atoms with van der Waals surface area (Å²) in [6.45, 7) is 3.44. The first kappa shape index (κ1) is 16.7. The van der Waals surface area contributed by atoms with E-state index >= 15 is 0 Å². The van der Waals surface area contributed by atoms with Gasteiger partial charge in [0.15, 0.2) is 0 Å². The molecule has 4 nitrogen and oxygen atoms in total. The minimum Gasteiger partial charge on any atom is -0.348 e. The number of hydrogen-bond acceptors (Lipinski definition) is 1. The van der Waals surface area contributed by atoms with Crippen LogP contribution in [0, 0.1) is 6.92 Å². The molecule has 0 saturated carbocycles. The predicted octanol–water partition coefficient (Wildman–Crippen LogP) is 5.09. The first-order valence-electron chi connectivity index (χ1n) is 8.66.